The van der Waals surface area contributed by atoms with Gasteiger partial charge in [-0.2, -0.15) is 0 Å². The van der Waals surface area contributed by atoms with Gasteiger partial charge in [0.25, 0.3) is 0 Å². The van der Waals surface area contributed by atoms with Crippen LogP contribution in [0.4, 0.5) is 0 Å². The third-order valence-electron chi connectivity index (χ3n) is 3.11. The van der Waals surface area contributed by atoms with Crippen LogP contribution in [0.15, 0.2) is 30.3 Å². The van der Waals surface area contributed by atoms with Gasteiger partial charge in [-0.1, -0.05) is 65.5 Å². The average molecular weight is 290 g/mol. The van der Waals surface area contributed by atoms with E-state index in [1.54, 1.807) is 0 Å². The van der Waals surface area contributed by atoms with Crippen molar-refractivity contribution in [3.8, 4) is 0 Å². The maximum atomic E-state index is 3.93. The van der Waals surface area contributed by atoms with E-state index in [0.29, 0.717) is 4.32 Å². The summed E-state index contributed by atoms with van der Waals surface area (Å²) in [7, 11) is 0. The maximum Gasteiger partial charge on any atom is 0.0298 e. The second-order valence-electron chi connectivity index (χ2n) is 4.37. The van der Waals surface area contributed by atoms with E-state index in [1.165, 1.54) is 44.1 Å². The summed E-state index contributed by atoms with van der Waals surface area (Å²) in [4.78, 5) is 0. The van der Waals surface area contributed by atoms with E-state index in [4.69, 9.17) is 0 Å². The van der Waals surface area contributed by atoms with Gasteiger partial charge >= 0.3 is 0 Å². The van der Waals surface area contributed by atoms with E-state index in [1.807, 2.05) is 0 Å². The van der Waals surface area contributed by atoms with Crippen LogP contribution in [0.3, 0.4) is 0 Å². The Hall–Kier alpha value is -0.0100. The quantitative estimate of drug-likeness (QED) is 0.689. The van der Waals surface area contributed by atoms with Crippen molar-refractivity contribution in [1.82, 2.24) is 0 Å². The molecule has 0 amide bonds. The van der Waals surface area contributed by atoms with Crippen molar-refractivity contribution in [3.05, 3.63) is 35.9 Å². The van der Waals surface area contributed by atoms with Gasteiger partial charge in [0, 0.05) is 4.32 Å². The summed E-state index contributed by atoms with van der Waals surface area (Å²) in [5.41, 5.74) is 1.46. The molecule has 1 saturated carbocycles. The molecule has 1 fully saturated rings. The van der Waals surface area contributed by atoms with Gasteiger partial charge in [-0.15, -0.1) is 12.4 Å². The lowest BCUT2D eigenvalue weighted by Gasteiger charge is -2.31. The van der Waals surface area contributed by atoms with Crippen LogP contribution in [0.25, 0.3) is 0 Å². The average Bonchev–Trinajstić information content (AvgIpc) is 2.19. The molecule has 0 aliphatic heterocycles. The Morgan fingerprint density at radius 3 is 2.20 bits per heavy atom. The summed E-state index contributed by atoms with van der Waals surface area (Å²) in [6, 6.07) is 10.8. The van der Waals surface area contributed by atoms with Crippen molar-refractivity contribution in [2.75, 3.05) is 0 Å². The molecule has 1 aromatic carbocycles. The van der Waals surface area contributed by atoms with Crippen LogP contribution in [-0.4, -0.2) is 4.32 Å². The molecule has 0 aromatic heterocycles. The number of rotatable bonds is 2. The normalized spacial score (nSPS) is 19.3. The minimum Gasteiger partial charge on any atom is -0.147 e. The minimum atomic E-state index is 0. The molecule has 0 unspecified atom stereocenters. The SMILES string of the molecule is BrC1(Cc2ccccc2)CCCCC1.Cl. The molecule has 1 aliphatic rings. The van der Waals surface area contributed by atoms with E-state index < -0.39 is 0 Å². The molecule has 0 radical (unpaired) electrons. The molecular weight excluding hydrogens is 271 g/mol. The Kier molecular flexibility index (Phi) is 5.14. The molecule has 15 heavy (non-hydrogen) atoms. The Labute approximate surface area is 107 Å². The van der Waals surface area contributed by atoms with E-state index >= 15 is 0 Å². The zero-order valence-electron chi connectivity index (χ0n) is 8.92. The molecule has 1 aromatic rings. The first-order valence-electron chi connectivity index (χ1n) is 5.51. The van der Waals surface area contributed by atoms with Crippen LogP contribution in [0, 0.1) is 0 Å². The highest BCUT2D eigenvalue weighted by Gasteiger charge is 2.28. The Balaban J connectivity index is 0.00000112. The minimum absolute atomic E-state index is 0. The van der Waals surface area contributed by atoms with Crippen molar-refractivity contribution >= 4 is 28.3 Å². The van der Waals surface area contributed by atoms with Crippen molar-refractivity contribution in [2.45, 2.75) is 42.8 Å². The van der Waals surface area contributed by atoms with Gasteiger partial charge in [-0.3, -0.25) is 0 Å². The smallest absolute Gasteiger partial charge is 0.0298 e. The van der Waals surface area contributed by atoms with Crippen LogP contribution >= 0.6 is 28.3 Å². The number of hydrogen-bond acceptors (Lipinski definition) is 0. The van der Waals surface area contributed by atoms with Gasteiger partial charge in [0.15, 0.2) is 0 Å². The predicted octanol–water partition coefficient (Wildman–Crippen LogP) is 4.75. The number of halogens is 2. The molecule has 1 aliphatic carbocycles. The van der Waals surface area contributed by atoms with Crippen LogP contribution < -0.4 is 0 Å². The van der Waals surface area contributed by atoms with Crippen LogP contribution in [0.2, 0.25) is 0 Å². The van der Waals surface area contributed by atoms with Gasteiger partial charge < -0.3 is 0 Å². The number of hydrogen-bond donors (Lipinski definition) is 0. The van der Waals surface area contributed by atoms with Gasteiger partial charge in [0.2, 0.25) is 0 Å². The molecule has 2 rings (SSSR count). The van der Waals surface area contributed by atoms with Crippen molar-refractivity contribution in [3.63, 3.8) is 0 Å². The molecule has 0 N–H and O–H groups in total. The third-order valence-corrected chi connectivity index (χ3v) is 4.19. The fraction of sp³-hybridized carbons (Fsp3) is 0.538. The first kappa shape index (κ1) is 13.1. The first-order valence-corrected chi connectivity index (χ1v) is 6.31. The molecule has 84 valence electrons. The van der Waals surface area contributed by atoms with E-state index in [9.17, 15) is 0 Å². The zero-order valence-corrected chi connectivity index (χ0v) is 11.3. The summed E-state index contributed by atoms with van der Waals surface area (Å²) in [5.74, 6) is 0. The summed E-state index contributed by atoms with van der Waals surface area (Å²) in [6.45, 7) is 0. The lowest BCUT2D eigenvalue weighted by Crippen LogP contribution is -2.26. The van der Waals surface area contributed by atoms with Gasteiger partial charge in [0.1, 0.15) is 0 Å². The molecular formula is C13H18BrCl. The second-order valence-corrected chi connectivity index (χ2v) is 6.06. The molecule has 0 bridgehead atoms. The molecule has 0 nitrogen and oxygen atoms in total. The van der Waals surface area contributed by atoms with Gasteiger partial charge in [-0.05, 0) is 24.8 Å². The largest absolute Gasteiger partial charge is 0.147 e. The lowest BCUT2D eigenvalue weighted by molar-refractivity contribution is 0.403. The molecule has 0 heterocycles. The maximum absolute atomic E-state index is 3.93. The summed E-state index contributed by atoms with van der Waals surface area (Å²) < 4.78 is 0.395. The van der Waals surface area contributed by atoms with E-state index in [-0.39, 0.29) is 12.4 Å². The lowest BCUT2D eigenvalue weighted by atomic mass is 9.84. The van der Waals surface area contributed by atoms with Gasteiger partial charge in [0.05, 0.1) is 0 Å². The fourth-order valence-electron chi connectivity index (χ4n) is 2.32. The predicted molar refractivity (Wildman–Crippen MR) is 72.1 cm³/mol. The van der Waals surface area contributed by atoms with Crippen molar-refractivity contribution in [2.24, 2.45) is 0 Å². The highest BCUT2D eigenvalue weighted by atomic mass is 79.9. The summed E-state index contributed by atoms with van der Waals surface area (Å²) >= 11 is 3.93. The highest BCUT2D eigenvalue weighted by Crippen LogP contribution is 2.38. The second kappa shape index (κ2) is 5.91. The Morgan fingerprint density at radius 2 is 1.60 bits per heavy atom. The standard InChI is InChI=1S/C13H17Br.ClH/c14-13(9-5-2-6-10-13)11-12-7-3-1-4-8-12;/h1,3-4,7-8H,2,5-6,9-11H2;1H. The van der Waals surface area contributed by atoms with Crippen molar-refractivity contribution < 1.29 is 0 Å². The van der Waals surface area contributed by atoms with Gasteiger partial charge in [-0.25, -0.2) is 0 Å². The van der Waals surface area contributed by atoms with Crippen LogP contribution in [0.1, 0.15) is 37.7 Å². The van der Waals surface area contributed by atoms with Crippen molar-refractivity contribution in [1.29, 1.82) is 0 Å². The topological polar surface area (TPSA) is 0 Å². The summed E-state index contributed by atoms with van der Waals surface area (Å²) in [5, 5.41) is 0. The Bertz CT molecular complexity index is 278. The molecule has 0 saturated heterocycles. The zero-order chi connectivity index (χ0) is 9.86. The number of alkyl halides is 1. The summed E-state index contributed by atoms with van der Waals surface area (Å²) in [6.07, 6.45) is 8.05. The van der Waals surface area contributed by atoms with E-state index in [2.05, 4.69) is 46.3 Å². The fourth-order valence-corrected chi connectivity index (χ4v) is 3.21. The molecule has 0 atom stereocenters. The van der Waals surface area contributed by atoms with E-state index in [0.717, 1.165) is 0 Å². The molecule has 0 spiro atoms. The number of benzene rings is 1. The van der Waals surface area contributed by atoms with Crippen LogP contribution in [0.5, 0.6) is 0 Å². The Morgan fingerprint density at radius 1 is 1.00 bits per heavy atom. The third kappa shape index (κ3) is 3.81. The first-order chi connectivity index (χ1) is 6.79. The molecule has 2 heteroatoms. The van der Waals surface area contributed by atoms with Crippen LogP contribution in [-0.2, 0) is 6.42 Å². The highest BCUT2D eigenvalue weighted by molar-refractivity contribution is 9.10. The monoisotopic (exact) mass is 288 g/mol.